The molecule has 7 nitrogen and oxygen atoms in total. The van der Waals surface area contributed by atoms with Gasteiger partial charge in [0.1, 0.15) is 5.82 Å². The van der Waals surface area contributed by atoms with E-state index in [9.17, 15) is 14.9 Å². The highest BCUT2D eigenvalue weighted by molar-refractivity contribution is 5.98. The average Bonchev–Trinajstić information content (AvgIpc) is 2.45. The Morgan fingerprint density at radius 1 is 1.35 bits per heavy atom. The number of hydrogen-bond acceptors (Lipinski definition) is 5. The number of carbonyl (C=O) groups is 1. The summed E-state index contributed by atoms with van der Waals surface area (Å²) in [6, 6.07) is 9.24. The maximum atomic E-state index is 11.9. The Bertz CT molecular complexity index is 658. The molecule has 0 saturated carbocycles. The number of nitrogens with zero attached hydrogens (tertiary/aromatic N) is 2. The molecule has 1 amide bonds. The maximum absolute atomic E-state index is 11.9. The van der Waals surface area contributed by atoms with E-state index in [1.165, 1.54) is 18.3 Å². The van der Waals surface area contributed by atoms with Crippen LogP contribution in [0.2, 0.25) is 0 Å². The predicted octanol–water partition coefficient (Wildman–Crippen LogP) is 1.50. The molecule has 0 spiro atoms. The summed E-state index contributed by atoms with van der Waals surface area (Å²) in [5.74, 6) is -0.230. The average molecular weight is 272 g/mol. The van der Waals surface area contributed by atoms with E-state index in [0.29, 0.717) is 5.56 Å². The van der Waals surface area contributed by atoms with E-state index in [1.54, 1.807) is 24.3 Å². The van der Waals surface area contributed by atoms with Crippen molar-refractivity contribution in [2.75, 3.05) is 5.73 Å². The number of aromatic nitrogens is 1. The van der Waals surface area contributed by atoms with Gasteiger partial charge in [-0.25, -0.2) is 4.98 Å². The number of amides is 1. The number of nitrogens with one attached hydrogen (secondary N) is 1. The zero-order valence-corrected chi connectivity index (χ0v) is 10.4. The largest absolute Gasteiger partial charge is 0.383 e. The minimum atomic E-state index is -0.482. The molecule has 0 unspecified atom stereocenters. The standard InChI is InChI=1S/C13H12N4O3/c14-12-11(5-2-6-15-12)13(18)16-8-9-3-1-4-10(7-9)17(19)20/h1-7H,8H2,(H2,14,15)(H,16,18). The Morgan fingerprint density at radius 2 is 2.15 bits per heavy atom. The van der Waals surface area contributed by atoms with E-state index in [-0.39, 0.29) is 29.5 Å². The molecule has 0 aliphatic heterocycles. The van der Waals surface area contributed by atoms with E-state index in [0.717, 1.165) is 0 Å². The molecule has 0 saturated heterocycles. The number of nitro benzene ring substituents is 1. The van der Waals surface area contributed by atoms with Gasteiger partial charge in [0.25, 0.3) is 11.6 Å². The van der Waals surface area contributed by atoms with Gasteiger partial charge < -0.3 is 11.1 Å². The highest BCUT2D eigenvalue weighted by atomic mass is 16.6. The number of rotatable bonds is 4. The second-order valence-corrected chi connectivity index (χ2v) is 4.05. The summed E-state index contributed by atoms with van der Waals surface area (Å²) < 4.78 is 0. The molecule has 2 rings (SSSR count). The van der Waals surface area contributed by atoms with Gasteiger partial charge in [-0.15, -0.1) is 0 Å². The van der Waals surface area contributed by atoms with Gasteiger partial charge in [0, 0.05) is 24.9 Å². The highest BCUT2D eigenvalue weighted by Gasteiger charge is 2.10. The van der Waals surface area contributed by atoms with Gasteiger partial charge in [0.15, 0.2) is 0 Å². The third-order valence-electron chi connectivity index (χ3n) is 2.66. The number of benzene rings is 1. The van der Waals surface area contributed by atoms with E-state index in [1.807, 2.05) is 0 Å². The van der Waals surface area contributed by atoms with Gasteiger partial charge in [-0.1, -0.05) is 12.1 Å². The van der Waals surface area contributed by atoms with Crippen molar-refractivity contribution >= 4 is 17.4 Å². The lowest BCUT2D eigenvalue weighted by Crippen LogP contribution is -2.24. The molecule has 0 atom stereocenters. The molecule has 2 aromatic rings. The van der Waals surface area contributed by atoms with Gasteiger partial charge in [-0.3, -0.25) is 14.9 Å². The summed E-state index contributed by atoms with van der Waals surface area (Å²) in [6.07, 6.45) is 1.49. The molecular weight excluding hydrogens is 260 g/mol. The number of carbonyl (C=O) groups excluding carboxylic acids is 1. The molecule has 20 heavy (non-hydrogen) atoms. The second kappa shape index (κ2) is 5.79. The lowest BCUT2D eigenvalue weighted by atomic mass is 10.2. The highest BCUT2D eigenvalue weighted by Crippen LogP contribution is 2.13. The van der Waals surface area contributed by atoms with Crippen molar-refractivity contribution in [2.45, 2.75) is 6.54 Å². The van der Waals surface area contributed by atoms with Crippen molar-refractivity contribution in [3.05, 3.63) is 63.8 Å². The Kier molecular flexibility index (Phi) is 3.90. The van der Waals surface area contributed by atoms with Gasteiger partial charge in [0.2, 0.25) is 0 Å². The number of nitro groups is 1. The van der Waals surface area contributed by atoms with Crippen LogP contribution in [0.25, 0.3) is 0 Å². The fourth-order valence-corrected chi connectivity index (χ4v) is 1.67. The lowest BCUT2D eigenvalue weighted by Gasteiger charge is -2.06. The Hall–Kier alpha value is -2.96. The van der Waals surface area contributed by atoms with Crippen molar-refractivity contribution in [1.82, 2.24) is 10.3 Å². The zero-order chi connectivity index (χ0) is 14.5. The van der Waals surface area contributed by atoms with Crippen LogP contribution in [-0.2, 0) is 6.54 Å². The number of hydrogen-bond donors (Lipinski definition) is 2. The molecule has 1 aromatic carbocycles. The molecule has 0 fully saturated rings. The van der Waals surface area contributed by atoms with Gasteiger partial charge >= 0.3 is 0 Å². The van der Waals surface area contributed by atoms with Crippen LogP contribution in [-0.4, -0.2) is 15.8 Å². The van der Waals surface area contributed by atoms with Crippen LogP contribution in [0.15, 0.2) is 42.6 Å². The molecule has 0 aliphatic carbocycles. The van der Waals surface area contributed by atoms with Crippen LogP contribution in [0.3, 0.4) is 0 Å². The van der Waals surface area contributed by atoms with Crippen molar-refractivity contribution in [1.29, 1.82) is 0 Å². The fourth-order valence-electron chi connectivity index (χ4n) is 1.67. The first-order valence-corrected chi connectivity index (χ1v) is 5.80. The number of pyridine rings is 1. The SMILES string of the molecule is Nc1ncccc1C(=O)NCc1cccc([N+](=O)[O-])c1. The van der Waals surface area contributed by atoms with Crippen molar-refractivity contribution in [3.8, 4) is 0 Å². The first-order valence-electron chi connectivity index (χ1n) is 5.80. The van der Waals surface area contributed by atoms with Crippen LogP contribution in [0, 0.1) is 10.1 Å². The quantitative estimate of drug-likeness (QED) is 0.647. The maximum Gasteiger partial charge on any atom is 0.269 e. The Balaban J connectivity index is 2.06. The number of non-ortho nitro benzene ring substituents is 1. The van der Waals surface area contributed by atoms with Crippen LogP contribution in [0.5, 0.6) is 0 Å². The van der Waals surface area contributed by atoms with Crippen molar-refractivity contribution in [3.63, 3.8) is 0 Å². The van der Waals surface area contributed by atoms with E-state index in [2.05, 4.69) is 10.3 Å². The molecular formula is C13H12N4O3. The topological polar surface area (TPSA) is 111 Å². The summed E-state index contributed by atoms with van der Waals surface area (Å²) in [7, 11) is 0. The smallest absolute Gasteiger partial charge is 0.269 e. The number of anilines is 1. The minimum absolute atomic E-state index is 0.0161. The first kappa shape index (κ1) is 13.5. The van der Waals surface area contributed by atoms with Crippen LogP contribution in [0.1, 0.15) is 15.9 Å². The lowest BCUT2D eigenvalue weighted by molar-refractivity contribution is -0.384. The molecule has 1 aromatic heterocycles. The van der Waals surface area contributed by atoms with Crippen LogP contribution >= 0.6 is 0 Å². The Labute approximate surface area is 114 Å². The monoisotopic (exact) mass is 272 g/mol. The number of nitrogen functional groups attached to an aromatic ring is 1. The minimum Gasteiger partial charge on any atom is -0.383 e. The molecule has 0 radical (unpaired) electrons. The van der Waals surface area contributed by atoms with E-state index >= 15 is 0 Å². The van der Waals surface area contributed by atoms with E-state index < -0.39 is 4.92 Å². The summed E-state index contributed by atoms with van der Waals surface area (Å²) in [5, 5.41) is 13.3. The Morgan fingerprint density at radius 3 is 2.85 bits per heavy atom. The van der Waals surface area contributed by atoms with Crippen LogP contribution in [0.4, 0.5) is 11.5 Å². The number of nitrogens with two attached hydrogens (primary N) is 1. The normalized spacial score (nSPS) is 10.0. The fraction of sp³-hybridized carbons (Fsp3) is 0.0769. The van der Waals surface area contributed by atoms with Gasteiger partial charge in [0.05, 0.1) is 10.5 Å². The predicted molar refractivity (Wildman–Crippen MR) is 72.9 cm³/mol. The molecule has 0 bridgehead atoms. The van der Waals surface area contributed by atoms with E-state index in [4.69, 9.17) is 5.73 Å². The third kappa shape index (κ3) is 3.08. The summed E-state index contributed by atoms with van der Waals surface area (Å²) in [5.41, 5.74) is 6.49. The molecule has 102 valence electrons. The molecule has 0 aliphatic rings. The molecule has 1 heterocycles. The summed E-state index contributed by atoms with van der Waals surface area (Å²) in [4.78, 5) is 25.9. The van der Waals surface area contributed by atoms with Gasteiger partial charge in [-0.2, -0.15) is 0 Å². The van der Waals surface area contributed by atoms with Crippen molar-refractivity contribution < 1.29 is 9.72 Å². The second-order valence-electron chi connectivity index (χ2n) is 4.05. The van der Waals surface area contributed by atoms with Crippen molar-refractivity contribution in [2.24, 2.45) is 0 Å². The zero-order valence-electron chi connectivity index (χ0n) is 10.4. The van der Waals surface area contributed by atoms with Crippen LogP contribution < -0.4 is 11.1 Å². The summed E-state index contributed by atoms with van der Waals surface area (Å²) >= 11 is 0. The third-order valence-corrected chi connectivity index (χ3v) is 2.66. The van der Waals surface area contributed by atoms with Gasteiger partial charge in [-0.05, 0) is 17.7 Å². The summed E-state index contributed by atoms with van der Waals surface area (Å²) in [6.45, 7) is 0.175. The first-order chi connectivity index (χ1) is 9.58. The molecule has 3 N–H and O–H groups in total. The molecule has 7 heteroatoms.